The summed E-state index contributed by atoms with van der Waals surface area (Å²) in [5, 5.41) is 2.08. The average Bonchev–Trinajstić information content (AvgIpc) is 2.87. The molecule has 0 aliphatic carbocycles. The molecule has 35 heavy (non-hydrogen) atoms. The van der Waals surface area contributed by atoms with Gasteiger partial charge < -0.3 is 20.0 Å². The molecule has 5 rings (SSSR count). The van der Waals surface area contributed by atoms with E-state index >= 15 is 0 Å². The van der Waals surface area contributed by atoms with Gasteiger partial charge in [0, 0.05) is 55.3 Å². The number of benzene rings is 2. The number of piperidine rings is 1. The molecule has 2 aromatic carbocycles. The van der Waals surface area contributed by atoms with Crippen LogP contribution in [0.1, 0.15) is 25.3 Å². The number of amides is 3. The van der Waals surface area contributed by atoms with Gasteiger partial charge in [-0.2, -0.15) is 0 Å². The predicted octanol–water partition coefficient (Wildman–Crippen LogP) is 3.38. The number of nitrogens with one attached hydrogen (secondary N) is 1. The lowest BCUT2D eigenvalue weighted by Gasteiger charge is -2.43. The normalized spacial score (nSPS) is 23.0. The zero-order valence-corrected chi connectivity index (χ0v) is 21.1. The summed E-state index contributed by atoms with van der Waals surface area (Å²) in [6.45, 7) is 7.55. The summed E-state index contributed by atoms with van der Waals surface area (Å²) in [7, 11) is 0. The number of anilines is 2. The molecule has 3 aliphatic rings. The molecule has 0 saturated carbocycles. The Morgan fingerprint density at radius 3 is 2.46 bits per heavy atom. The predicted molar refractivity (Wildman–Crippen MR) is 139 cm³/mol. The summed E-state index contributed by atoms with van der Waals surface area (Å²) in [6, 6.07) is 16.3. The van der Waals surface area contributed by atoms with Crippen molar-refractivity contribution < 1.29 is 14.4 Å². The molecule has 0 radical (unpaired) electrons. The van der Waals surface area contributed by atoms with Crippen molar-refractivity contribution in [1.29, 1.82) is 0 Å². The molecule has 1 N–H and O–H groups in total. The molecule has 2 fully saturated rings. The molecule has 184 valence electrons. The molecular formula is C27H32N4O3S. The van der Waals surface area contributed by atoms with E-state index in [4.69, 9.17) is 0 Å². The Morgan fingerprint density at radius 1 is 0.943 bits per heavy atom. The minimum absolute atomic E-state index is 0.0645. The average molecular weight is 493 g/mol. The van der Waals surface area contributed by atoms with E-state index in [9.17, 15) is 14.4 Å². The molecule has 2 atom stereocenters. The Kier molecular flexibility index (Phi) is 6.73. The molecular weight excluding hydrogens is 460 g/mol. The second-order valence-corrected chi connectivity index (χ2v) is 10.9. The van der Waals surface area contributed by atoms with Crippen molar-refractivity contribution in [3.05, 3.63) is 54.1 Å². The van der Waals surface area contributed by atoms with Crippen molar-refractivity contribution in [3.63, 3.8) is 0 Å². The van der Waals surface area contributed by atoms with Crippen LogP contribution in [0.3, 0.4) is 0 Å². The minimum Gasteiger partial charge on any atom is -0.365 e. The SMILES string of the molecule is Cc1cccc(N2CCN(C(=O)C3CCN(C(=O)[C@@H]4Sc5ccccc5NC4=O)CC3)C[C@@H]2C)c1. The van der Waals surface area contributed by atoms with Crippen LogP contribution in [0.5, 0.6) is 0 Å². The highest BCUT2D eigenvalue weighted by Gasteiger charge is 2.39. The lowest BCUT2D eigenvalue weighted by atomic mass is 9.94. The number of likely N-dealkylation sites (tertiary alicyclic amines) is 1. The van der Waals surface area contributed by atoms with Crippen molar-refractivity contribution in [3.8, 4) is 0 Å². The Balaban J connectivity index is 1.15. The van der Waals surface area contributed by atoms with Crippen LogP contribution in [-0.2, 0) is 14.4 Å². The zero-order chi connectivity index (χ0) is 24.5. The summed E-state index contributed by atoms with van der Waals surface area (Å²) < 4.78 is 0. The molecule has 0 aromatic heterocycles. The Morgan fingerprint density at radius 2 is 1.71 bits per heavy atom. The minimum atomic E-state index is -0.771. The maximum Gasteiger partial charge on any atom is 0.247 e. The van der Waals surface area contributed by atoms with Crippen LogP contribution in [0.15, 0.2) is 53.4 Å². The highest BCUT2D eigenvalue weighted by atomic mass is 32.2. The standard InChI is InChI=1S/C27H32N4O3S/c1-18-6-5-7-21(16-18)31-15-14-30(17-19(31)2)26(33)20-10-12-29(13-11-20)27(34)24-25(32)28-22-8-3-4-9-23(22)35-24/h3-9,16,19-20,24H,10-15,17H2,1-2H3,(H,28,32)/t19-,24+/m0/s1. The second kappa shape index (κ2) is 9.93. The van der Waals surface area contributed by atoms with Gasteiger partial charge in [0.1, 0.15) is 0 Å². The molecule has 3 aliphatic heterocycles. The fourth-order valence-corrected chi connectivity index (χ4v) is 6.41. The van der Waals surface area contributed by atoms with E-state index in [0.717, 1.165) is 17.1 Å². The van der Waals surface area contributed by atoms with Crippen LogP contribution in [0.25, 0.3) is 0 Å². The summed E-state index contributed by atoms with van der Waals surface area (Å²) >= 11 is 1.31. The van der Waals surface area contributed by atoms with Gasteiger partial charge >= 0.3 is 0 Å². The summed E-state index contributed by atoms with van der Waals surface area (Å²) in [4.78, 5) is 46.0. The fourth-order valence-electron chi connectivity index (χ4n) is 5.33. The van der Waals surface area contributed by atoms with Gasteiger partial charge in [-0.15, -0.1) is 11.8 Å². The first-order valence-corrected chi connectivity index (χ1v) is 13.3. The summed E-state index contributed by atoms with van der Waals surface area (Å²) in [6.07, 6.45) is 1.29. The number of thioether (sulfide) groups is 1. The number of hydrogen-bond donors (Lipinski definition) is 1. The smallest absolute Gasteiger partial charge is 0.247 e. The van der Waals surface area contributed by atoms with E-state index in [1.165, 1.54) is 23.0 Å². The number of piperazine rings is 1. The lowest BCUT2D eigenvalue weighted by Crippen LogP contribution is -2.56. The number of carbonyl (C=O) groups excluding carboxylic acids is 3. The molecule has 3 heterocycles. The summed E-state index contributed by atoms with van der Waals surface area (Å²) in [5.41, 5.74) is 3.21. The van der Waals surface area contributed by atoms with Crippen molar-refractivity contribution in [1.82, 2.24) is 9.80 Å². The third kappa shape index (κ3) is 4.89. The molecule has 0 unspecified atom stereocenters. The number of para-hydroxylation sites is 1. The van der Waals surface area contributed by atoms with Gasteiger partial charge in [-0.1, -0.05) is 24.3 Å². The molecule has 2 aromatic rings. The van der Waals surface area contributed by atoms with Crippen molar-refractivity contribution >= 4 is 40.9 Å². The van der Waals surface area contributed by atoms with Gasteiger partial charge in [0.2, 0.25) is 17.7 Å². The third-order valence-corrected chi connectivity index (χ3v) is 8.54. The molecule has 0 spiro atoms. The molecule has 2 saturated heterocycles. The van der Waals surface area contributed by atoms with Crippen LogP contribution in [-0.4, -0.2) is 71.5 Å². The van der Waals surface area contributed by atoms with E-state index < -0.39 is 5.25 Å². The zero-order valence-electron chi connectivity index (χ0n) is 20.3. The highest BCUT2D eigenvalue weighted by Crippen LogP contribution is 2.36. The maximum absolute atomic E-state index is 13.3. The Labute approximate surface area is 210 Å². The van der Waals surface area contributed by atoms with E-state index in [-0.39, 0.29) is 29.7 Å². The molecule has 0 bridgehead atoms. The number of hydrogen-bond acceptors (Lipinski definition) is 5. The van der Waals surface area contributed by atoms with E-state index in [0.29, 0.717) is 39.0 Å². The Hall–Kier alpha value is -3.00. The number of nitrogens with zero attached hydrogens (tertiary/aromatic N) is 3. The van der Waals surface area contributed by atoms with Crippen LogP contribution in [0.2, 0.25) is 0 Å². The van der Waals surface area contributed by atoms with E-state index in [2.05, 4.69) is 48.3 Å². The monoisotopic (exact) mass is 492 g/mol. The van der Waals surface area contributed by atoms with Gasteiger partial charge in [-0.25, -0.2) is 0 Å². The van der Waals surface area contributed by atoms with Crippen molar-refractivity contribution in [2.45, 2.75) is 42.9 Å². The van der Waals surface area contributed by atoms with Crippen molar-refractivity contribution in [2.75, 3.05) is 42.9 Å². The van der Waals surface area contributed by atoms with Crippen molar-refractivity contribution in [2.24, 2.45) is 5.92 Å². The topological polar surface area (TPSA) is 73.0 Å². The van der Waals surface area contributed by atoms with Crippen LogP contribution in [0.4, 0.5) is 11.4 Å². The van der Waals surface area contributed by atoms with Gasteiger partial charge in [-0.05, 0) is 56.5 Å². The van der Waals surface area contributed by atoms with Gasteiger partial charge in [0.05, 0.1) is 5.69 Å². The first-order valence-electron chi connectivity index (χ1n) is 12.4. The van der Waals surface area contributed by atoms with Crippen LogP contribution < -0.4 is 10.2 Å². The third-order valence-electron chi connectivity index (χ3n) is 7.28. The lowest BCUT2D eigenvalue weighted by molar-refractivity contribution is -0.142. The number of aryl methyl sites for hydroxylation is 1. The van der Waals surface area contributed by atoms with Gasteiger partial charge in [-0.3, -0.25) is 14.4 Å². The molecule has 8 heteroatoms. The van der Waals surface area contributed by atoms with Gasteiger partial charge in [0.25, 0.3) is 0 Å². The molecule has 7 nitrogen and oxygen atoms in total. The van der Waals surface area contributed by atoms with Crippen LogP contribution in [0, 0.1) is 12.8 Å². The van der Waals surface area contributed by atoms with Gasteiger partial charge in [0.15, 0.2) is 5.25 Å². The largest absolute Gasteiger partial charge is 0.365 e. The maximum atomic E-state index is 13.3. The number of fused-ring (bicyclic) bond motifs is 1. The highest BCUT2D eigenvalue weighted by molar-refractivity contribution is 8.01. The summed E-state index contributed by atoms with van der Waals surface area (Å²) in [5.74, 6) is -0.289. The van der Waals surface area contributed by atoms with E-state index in [1.807, 2.05) is 29.2 Å². The number of carbonyl (C=O) groups is 3. The second-order valence-electron chi connectivity index (χ2n) is 9.75. The molecule has 3 amide bonds. The fraction of sp³-hybridized carbons (Fsp3) is 0.444. The quantitative estimate of drug-likeness (QED) is 0.665. The Bertz CT molecular complexity index is 1130. The first-order chi connectivity index (χ1) is 16.9. The first kappa shape index (κ1) is 23.7. The number of rotatable bonds is 3. The van der Waals surface area contributed by atoms with Crippen LogP contribution >= 0.6 is 11.8 Å². The van der Waals surface area contributed by atoms with E-state index in [1.54, 1.807) is 4.90 Å².